The molecule has 8 nitrogen and oxygen atoms in total. The summed E-state index contributed by atoms with van der Waals surface area (Å²) in [6.45, 7) is 4.46. The number of anilines is 1. The van der Waals surface area contributed by atoms with E-state index in [9.17, 15) is 9.59 Å². The normalized spacial score (nSPS) is 11.3. The van der Waals surface area contributed by atoms with Crippen LogP contribution in [-0.4, -0.2) is 36.4 Å². The number of amides is 1. The van der Waals surface area contributed by atoms with E-state index in [4.69, 9.17) is 0 Å². The molecule has 0 fully saturated rings. The molecular weight excluding hydrogens is 452 g/mol. The molecule has 0 aliphatic carbocycles. The Balaban J connectivity index is 1.38. The molecule has 8 heteroatoms. The number of carbonyl (C=O) groups excluding carboxylic acids is 2. The molecule has 0 atom stereocenters. The average Bonchev–Trinajstić information content (AvgIpc) is 3.55. The van der Waals surface area contributed by atoms with Crippen LogP contribution in [0.15, 0.2) is 73.2 Å². The number of nitrogens with one attached hydrogen (secondary N) is 2. The number of ketones is 1. The van der Waals surface area contributed by atoms with Gasteiger partial charge in [0.25, 0.3) is 5.91 Å². The van der Waals surface area contributed by atoms with Crippen LogP contribution in [0.3, 0.4) is 0 Å². The first-order valence-corrected chi connectivity index (χ1v) is 11.6. The van der Waals surface area contributed by atoms with Gasteiger partial charge in [0.2, 0.25) is 0 Å². The van der Waals surface area contributed by atoms with Crippen LogP contribution in [0, 0.1) is 6.92 Å². The summed E-state index contributed by atoms with van der Waals surface area (Å²) >= 11 is 0. The summed E-state index contributed by atoms with van der Waals surface area (Å²) in [6.07, 6.45) is 8.87. The van der Waals surface area contributed by atoms with Crippen LogP contribution >= 0.6 is 0 Å². The van der Waals surface area contributed by atoms with E-state index in [1.54, 1.807) is 47.4 Å². The van der Waals surface area contributed by atoms with Gasteiger partial charge in [0.1, 0.15) is 0 Å². The minimum atomic E-state index is -0.320. The van der Waals surface area contributed by atoms with Gasteiger partial charge in [0.05, 0.1) is 16.9 Å². The molecule has 0 spiro atoms. The van der Waals surface area contributed by atoms with Crippen molar-refractivity contribution < 1.29 is 9.59 Å². The number of imidazole rings is 1. The Morgan fingerprint density at radius 3 is 2.64 bits per heavy atom. The predicted molar refractivity (Wildman–Crippen MR) is 140 cm³/mol. The number of fused-ring (bicyclic) bond motifs is 1. The van der Waals surface area contributed by atoms with E-state index in [0.29, 0.717) is 29.2 Å². The van der Waals surface area contributed by atoms with E-state index in [2.05, 4.69) is 25.5 Å². The van der Waals surface area contributed by atoms with E-state index >= 15 is 0 Å². The Morgan fingerprint density at radius 1 is 1.00 bits per heavy atom. The molecule has 178 valence electrons. The number of aromatic nitrogens is 5. The molecule has 5 rings (SSSR count). The van der Waals surface area contributed by atoms with Gasteiger partial charge in [-0.3, -0.25) is 19.7 Å². The van der Waals surface area contributed by atoms with Gasteiger partial charge in [-0.1, -0.05) is 24.3 Å². The smallest absolute Gasteiger partial charge is 0.291 e. The van der Waals surface area contributed by atoms with Crippen LogP contribution in [-0.2, 0) is 6.54 Å². The Morgan fingerprint density at radius 2 is 1.83 bits per heavy atom. The van der Waals surface area contributed by atoms with Crippen molar-refractivity contribution in [3.05, 3.63) is 107 Å². The number of rotatable bonds is 7. The Labute approximate surface area is 207 Å². The highest BCUT2D eigenvalue weighted by atomic mass is 16.2. The molecule has 0 bridgehead atoms. The first kappa shape index (κ1) is 22.9. The third-order valence-corrected chi connectivity index (χ3v) is 5.96. The molecule has 0 unspecified atom stereocenters. The third-order valence-electron chi connectivity index (χ3n) is 5.96. The molecule has 3 heterocycles. The Bertz CT molecular complexity index is 1600. The maximum atomic E-state index is 13.3. The van der Waals surface area contributed by atoms with E-state index in [0.717, 1.165) is 27.9 Å². The van der Waals surface area contributed by atoms with Gasteiger partial charge in [0.15, 0.2) is 11.6 Å². The molecule has 5 aromatic rings. The topological polar surface area (TPSA) is 106 Å². The van der Waals surface area contributed by atoms with E-state index in [1.807, 2.05) is 56.3 Å². The van der Waals surface area contributed by atoms with Crippen molar-refractivity contribution in [3.63, 3.8) is 0 Å². The maximum Gasteiger partial charge on any atom is 0.291 e. The number of hydrogen-bond acceptors (Lipinski definition) is 5. The summed E-state index contributed by atoms with van der Waals surface area (Å²) in [5, 5.41) is 11.2. The molecule has 0 radical (unpaired) electrons. The monoisotopic (exact) mass is 476 g/mol. The molecular formula is C28H24N6O2. The second-order valence-electron chi connectivity index (χ2n) is 8.31. The lowest BCUT2D eigenvalue weighted by Crippen LogP contribution is -2.18. The number of carbonyl (C=O) groups is 2. The van der Waals surface area contributed by atoms with Crippen LogP contribution in [0.2, 0.25) is 0 Å². The highest BCUT2D eigenvalue weighted by molar-refractivity contribution is 6.12. The molecule has 0 aliphatic rings. The lowest BCUT2D eigenvalue weighted by molar-refractivity contribution is 0.101. The van der Waals surface area contributed by atoms with E-state index in [1.165, 1.54) is 0 Å². The standard InChI is InChI=1S/C28H24N6O2/c1-3-34-15-14-30-27(34)28(36)31-24-16-19(8-7-18(24)2)26(35)20-9-11-22-23(32-33-25(22)17-20)12-10-21-6-4-5-13-29-21/h4-17H,3H2,1-2H3,(H,31,36)(H,32,33)/b12-10+. The van der Waals surface area contributed by atoms with Crippen molar-refractivity contribution in [2.24, 2.45) is 0 Å². The van der Waals surface area contributed by atoms with Gasteiger partial charge in [-0.25, -0.2) is 4.98 Å². The lowest BCUT2D eigenvalue weighted by Gasteiger charge is -2.11. The number of aromatic amines is 1. The number of benzene rings is 2. The minimum Gasteiger partial charge on any atom is -0.327 e. The van der Waals surface area contributed by atoms with E-state index < -0.39 is 0 Å². The number of pyridine rings is 1. The van der Waals surface area contributed by atoms with Gasteiger partial charge >= 0.3 is 0 Å². The van der Waals surface area contributed by atoms with Crippen LogP contribution in [0.5, 0.6) is 0 Å². The summed E-state index contributed by atoms with van der Waals surface area (Å²) in [5.41, 5.74) is 4.78. The van der Waals surface area contributed by atoms with Crippen LogP contribution < -0.4 is 5.32 Å². The summed E-state index contributed by atoms with van der Waals surface area (Å²) < 4.78 is 1.76. The van der Waals surface area contributed by atoms with Gasteiger partial charge < -0.3 is 9.88 Å². The molecule has 0 aliphatic heterocycles. The molecule has 36 heavy (non-hydrogen) atoms. The van der Waals surface area contributed by atoms with Crippen molar-refractivity contribution in [2.45, 2.75) is 20.4 Å². The highest BCUT2D eigenvalue weighted by Crippen LogP contribution is 2.24. The zero-order valence-corrected chi connectivity index (χ0v) is 19.9. The molecule has 1 amide bonds. The number of H-pyrrole nitrogens is 1. The average molecular weight is 477 g/mol. The second kappa shape index (κ2) is 9.79. The molecule has 0 saturated carbocycles. The fourth-order valence-corrected chi connectivity index (χ4v) is 3.96. The Hall–Kier alpha value is -4.85. The zero-order valence-electron chi connectivity index (χ0n) is 19.9. The zero-order chi connectivity index (χ0) is 25.1. The highest BCUT2D eigenvalue weighted by Gasteiger charge is 2.16. The van der Waals surface area contributed by atoms with Crippen molar-refractivity contribution in [3.8, 4) is 0 Å². The fourth-order valence-electron chi connectivity index (χ4n) is 3.96. The molecule has 2 N–H and O–H groups in total. The lowest BCUT2D eigenvalue weighted by atomic mass is 9.99. The summed E-state index contributed by atoms with van der Waals surface area (Å²) in [4.78, 5) is 34.5. The number of hydrogen-bond donors (Lipinski definition) is 2. The fraction of sp³-hybridized carbons (Fsp3) is 0.107. The Kier molecular flexibility index (Phi) is 6.23. The van der Waals surface area contributed by atoms with Crippen LogP contribution in [0.1, 0.15) is 50.4 Å². The van der Waals surface area contributed by atoms with E-state index in [-0.39, 0.29) is 11.7 Å². The largest absolute Gasteiger partial charge is 0.327 e. The third kappa shape index (κ3) is 4.56. The minimum absolute atomic E-state index is 0.150. The molecule has 0 saturated heterocycles. The van der Waals surface area contributed by atoms with Crippen molar-refractivity contribution in [2.75, 3.05) is 5.32 Å². The first-order valence-electron chi connectivity index (χ1n) is 11.6. The SMILES string of the molecule is CCn1ccnc1C(=O)Nc1cc(C(=O)c2ccc3c(/C=C/c4ccccn4)n[nH]c3c2)ccc1C. The van der Waals surface area contributed by atoms with Gasteiger partial charge in [-0.15, -0.1) is 0 Å². The second-order valence-corrected chi connectivity index (χ2v) is 8.31. The summed E-state index contributed by atoms with van der Waals surface area (Å²) in [7, 11) is 0. The number of nitrogens with zero attached hydrogens (tertiary/aromatic N) is 4. The quantitative estimate of drug-likeness (QED) is 0.317. The van der Waals surface area contributed by atoms with Gasteiger partial charge in [0, 0.05) is 47.3 Å². The predicted octanol–water partition coefficient (Wildman–Crippen LogP) is 5.14. The van der Waals surface area contributed by atoms with Crippen LogP contribution in [0.4, 0.5) is 5.69 Å². The van der Waals surface area contributed by atoms with Crippen LogP contribution in [0.25, 0.3) is 23.1 Å². The number of aryl methyl sites for hydroxylation is 2. The van der Waals surface area contributed by atoms with Crippen molar-refractivity contribution in [1.29, 1.82) is 0 Å². The molecule has 2 aromatic carbocycles. The van der Waals surface area contributed by atoms with Gasteiger partial charge in [-0.2, -0.15) is 5.10 Å². The summed E-state index contributed by atoms with van der Waals surface area (Å²) in [6, 6.07) is 16.5. The first-order chi connectivity index (χ1) is 17.5. The van der Waals surface area contributed by atoms with Gasteiger partial charge in [-0.05, 0) is 61.9 Å². The van der Waals surface area contributed by atoms with Crippen molar-refractivity contribution in [1.82, 2.24) is 24.7 Å². The molecule has 3 aromatic heterocycles. The maximum absolute atomic E-state index is 13.3. The van der Waals surface area contributed by atoms with Crippen molar-refractivity contribution >= 4 is 40.4 Å². The summed E-state index contributed by atoms with van der Waals surface area (Å²) in [5.74, 6) is -0.145.